The Hall–Kier alpha value is -3.05. The predicted molar refractivity (Wildman–Crippen MR) is 144 cm³/mol. The molecule has 0 aliphatic heterocycles. The van der Waals surface area contributed by atoms with Crippen LogP contribution in [0.4, 0.5) is 0 Å². The number of pyridine rings is 1. The SMILES string of the molecule is CC.CC.CC.CC.Cc1cccnc1Oc1ccc(C(=O)c2nc3ccccc3s2)cc1. The molecule has 4 nitrogen and oxygen atoms in total. The van der Waals surface area contributed by atoms with Gasteiger partial charge in [0.05, 0.1) is 10.2 Å². The zero-order valence-electron chi connectivity index (χ0n) is 21.5. The van der Waals surface area contributed by atoms with Gasteiger partial charge in [-0.3, -0.25) is 4.79 Å². The Kier molecular flexibility index (Phi) is 15.9. The predicted octanol–water partition coefficient (Wildman–Crippen LogP) is 9.13. The van der Waals surface area contributed by atoms with E-state index in [-0.39, 0.29) is 5.78 Å². The topological polar surface area (TPSA) is 52.1 Å². The Bertz CT molecular complexity index is 1020. The highest BCUT2D eigenvalue weighted by molar-refractivity contribution is 7.20. The number of benzene rings is 2. The minimum absolute atomic E-state index is 0.0817. The maximum absolute atomic E-state index is 12.6. The second-order valence-electron chi connectivity index (χ2n) is 5.57. The van der Waals surface area contributed by atoms with Gasteiger partial charge in [-0.2, -0.15) is 0 Å². The van der Waals surface area contributed by atoms with Crippen LogP contribution >= 0.6 is 11.3 Å². The molecule has 4 rings (SSSR count). The first-order valence-electron chi connectivity index (χ1n) is 11.8. The molecule has 0 amide bonds. The summed E-state index contributed by atoms with van der Waals surface area (Å²) in [6.45, 7) is 17.9. The highest BCUT2D eigenvalue weighted by Crippen LogP contribution is 2.26. The van der Waals surface area contributed by atoms with Crippen LogP contribution in [0, 0.1) is 6.92 Å². The normalized spacial score (nSPS) is 8.88. The molecular formula is C28H38N2O2S. The average molecular weight is 467 g/mol. The van der Waals surface area contributed by atoms with E-state index in [0.29, 0.717) is 22.2 Å². The van der Waals surface area contributed by atoms with Crippen LogP contribution in [0.5, 0.6) is 11.6 Å². The van der Waals surface area contributed by atoms with Crippen molar-refractivity contribution < 1.29 is 9.53 Å². The smallest absolute Gasteiger partial charge is 0.222 e. The van der Waals surface area contributed by atoms with Crippen LogP contribution in [-0.2, 0) is 0 Å². The lowest BCUT2D eigenvalue weighted by molar-refractivity contribution is 0.103. The summed E-state index contributed by atoms with van der Waals surface area (Å²) in [4.78, 5) is 21.3. The first-order valence-corrected chi connectivity index (χ1v) is 12.6. The fourth-order valence-electron chi connectivity index (χ4n) is 2.46. The van der Waals surface area contributed by atoms with E-state index >= 15 is 0 Å². The standard InChI is InChI=1S/C20H14N2O2S.4C2H6/c1-13-5-4-12-21-19(13)24-15-10-8-14(9-11-15)18(23)20-22-16-6-2-3-7-17(16)25-20;4*1-2/h2-12H,1H3;4*1-2H3. The van der Waals surface area contributed by atoms with Gasteiger partial charge in [-0.15, -0.1) is 11.3 Å². The van der Waals surface area contributed by atoms with E-state index in [9.17, 15) is 4.79 Å². The summed E-state index contributed by atoms with van der Waals surface area (Å²) in [5.41, 5.74) is 2.39. The maximum Gasteiger partial charge on any atom is 0.222 e. The van der Waals surface area contributed by atoms with Crippen molar-refractivity contribution in [2.45, 2.75) is 62.3 Å². The van der Waals surface area contributed by atoms with Crippen molar-refractivity contribution in [3.05, 3.63) is 83.0 Å². The van der Waals surface area contributed by atoms with Gasteiger partial charge < -0.3 is 4.74 Å². The van der Waals surface area contributed by atoms with Crippen molar-refractivity contribution >= 4 is 27.3 Å². The van der Waals surface area contributed by atoms with Gasteiger partial charge >= 0.3 is 0 Å². The fraction of sp³-hybridized carbons (Fsp3) is 0.321. The Morgan fingerprint density at radius 2 is 1.39 bits per heavy atom. The van der Waals surface area contributed by atoms with Crippen molar-refractivity contribution in [2.75, 3.05) is 0 Å². The Morgan fingerprint density at radius 1 is 0.788 bits per heavy atom. The van der Waals surface area contributed by atoms with E-state index in [1.807, 2.05) is 98.7 Å². The van der Waals surface area contributed by atoms with Crippen molar-refractivity contribution in [2.24, 2.45) is 0 Å². The highest BCUT2D eigenvalue weighted by Gasteiger charge is 2.14. The van der Waals surface area contributed by atoms with Gasteiger partial charge in [-0.05, 0) is 49.4 Å². The van der Waals surface area contributed by atoms with Crippen molar-refractivity contribution in [1.29, 1.82) is 0 Å². The summed E-state index contributed by atoms with van der Waals surface area (Å²) in [7, 11) is 0. The zero-order valence-corrected chi connectivity index (χ0v) is 22.3. The van der Waals surface area contributed by atoms with Crippen molar-refractivity contribution in [3.63, 3.8) is 0 Å². The largest absolute Gasteiger partial charge is 0.439 e. The third kappa shape index (κ3) is 8.78. The Morgan fingerprint density at radius 3 is 1.97 bits per heavy atom. The molecule has 2 aromatic carbocycles. The van der Waals surface area contributed by atoms with Gasteiger partial charge in [-0.25, -0.2) is 9.97 Å². The molecule has 0 unspecified atom stereocenters. The van der Waals surface area contributed by atoms with Crippen LogP contribution in [0.2, 0.25) is 0 Å². The van der Waals surface area contributed by atoms with Gasteiger partial charge in [-0.1, -0.05) is 73.6 Å². The van der Waals surface area contributed by atoms with E-state index in [2.05, 4.69) is 9.97 Å². The number of hydrogen-bond donors (Lipinski definition) is 0. The molecular weight excluding hydrogens is 428 g/mol. The summed E-state index contributed by atoms with van der Waals surface area (Å²) >= 11 is 1.41. The van der Waals surface area contributed by atoms with Crippen molar-refractivity contribution in [3.8, 4) is 11.6 Å². The second-order valence-corrected chi connectivity index (χ2v) is 6.60. The molecule has 5 heteroatoms. The average Bonchev–Trinajstić information content (AvgIpc) is 3.35. The molecule has 0 aliphatic rings. The summed E-state index contributed by atoms with van der Waals surface area (Å²) in [5, 5.41) is 0.496. The molecule has 2 heterocycles. The number of carbonyl (C=O) groups is 1. The number of aryl methyl sites for hydroxylation is 1. The number of fused-ring (bicyclic) bond motifs is 1. The van der Waals surface area contributed by atoms with Gasteiger partial charge in [0.2, 0.25) is 11.7 Å². The van der Waals surface area contributed by atoms with Gasteiger partial charge in [0, 0.05) is 17.3 Å². The molecule has 0 atom stereocenters. The summed E-state index contributed by atoms with van der Waals surface area (Å²) in [6, 6.07) is 18.6. The molecule has 0 radical (unpaired) electrons. The molecule has 178 valence electrons. The monoisotopic (exact) mass is 466 g/mol. The lowest BCUT2D eigenvalue weighted by atomic mass is 10.1. The fourth-order valence-corrected chi connectivity index (χ4v) is 3.38. The van der Waals surface area contributed by atoms with Crippen LogP contribution < -0.4 is 4.74 Å². The number of nitrogens with zero attached hydrogens (tertiary/aromatic N) is 2. The Balaban J connectivity index is 0.00000116. The quantitative estimate of drug-likeness (QED) is 0.281. The number of para-hydroxylation sites is 1. The number of ether oxygens (including phenoxy) is 1. The highest BCUT2D eigenvalue weighted by atomic mass is 32.1. The third-order valence-electron chi connectivity index (χ3n) is 3.78. The minimum Gasteiger partial charge on any atom is -0.439 e. The zero-order chi connectivity index (χ0) is 25.2. The number of carbonyl (C=O) groups excluding carboxylic acids is 1. The van der Waals surface area contributed by atoms with Crippen LogP contribution in [0.25, 0.3) is 10.2 Å². The van der Waals surface area contributed by atoms with Crippen LogP contribution in [0.15, 0.2) is 66.9 Å². The first kappa shape index (κ1) is 30.0. The second kappa shape index (κ2) is 17.5. The van der Waals surface area contributed by atoms with Gasteiger partial charge in [0.15, 0.2) is 5.01 Å². The van der Waals surface area contributed by atoms with Crippen LogP contribution in [0.3, 0.4) is 0 Å². The summed E-state index contributed by atoms with van der Waals surface area (Å²) in [5.74, 6) is 1.12. The van der Waals surface area contributed by atoms with E-state index < -0.39 is 0 Å². The van der Waals surface area contributed by atoms with Crippen molar-refractivity contribution in [1.82, 2.24) is 9.97 Å². The molecule has 0 N–H and O–H groups in total. The van der Waals surface area contributed by atoms with E-state index in [0.717, 1.165) is 15.8 Å². The molecule has 4 aromatic rings. The molecule has 0 fully saturated rings. The summed E-state index contributed by atoms with van der Waals surface area (Å²) in [6.07, 6.45) is 1.69. The number of aromatic nitrogens is 2. The van der Waals surface area contributed by atoms with Crippen LogP contribution in [0.1, 0.15) is 76.3 Å². The number of ketones is 1. The lowest BCUT2D eigenvalue weighted by Gasteiger charge is -2.07. The lowest BCUT2D eigenvalue weighted by Crippen LogP contribution is -2.00. The summed E-state index contributed by atoms with van der Waals surface area (Å²) < 4.78 is 6.77. The Labute approximate surface area is 203 Å². The number of hydrogen-bond acceptors (Lipinski definition) is 5. The van der Waals surface area contributed by atoms with E-state index in [1.165, 1.54) is 11.3 Å². The minimum atomic E-state index is -0.0817. The third-order valence-corrected chi connectivity index (χ3v) is 4.82. The molecule has 0 saturated carbocycles. The molecule has 0 saturated heterocycles. The first-order chi connectivity index (χ1) is 16.2. The van der Waals surface area contributed by atoms with Crippen LogP contribution in [-0.4, -0.2) is 15.8 Å². The van der Waals surface area contributed by atoms with Gasteiger partial charge in [0.25, 0.3) is 0 Å². The van der Waals surface area contributed by atoms with Gasteiger partial charge in [0.1, 0.15) is 5.75 Å². The van der Waals surface area contributed by atoms with E-state index in [1.54, 1.807) is 30.5 Å². The molecule has 33 heavy (non-hydrogen) atoms. The molecule has 2 aromatic heterocycles. The molecule has 0 spiro atoms. The molecule has 0 aliphatic carbocycles. The maximum atomic E-state index is 12.6. The molecule has 0 bridgehead atoms. The number of rotatable bonds is 4. The van der Waals surface area contributed by atoms with E-state index in [4.69, 9.17) is 4.74 Å². The number of thiazole rings is 1.